The van der Waals surface area contributed by atoms with Gasteiger partial charge in [0.15, 0.2) is 5.76 Å². The van der Waals surface area contributed by atoms with Crippen LogP contribution in [-0.4, -0.2) is 15.2 Å². The standard InChI is InChI=1S/C14H12ClN3O/c1-8-3-4-10(7-11(8)15)12-5-6-13(19-12)14-16-9(2)17-18-14/h3-7H,1-2H3,(H,16,17,18). The lowest BCUT2D eigenvalue weighted by Crippen LogP contribution is -1.78. The van der Waals surface area contributed by atoms with Gasteiger partial charge in [-0.25, -0.2) is 4.98 Å². The smallest absolute Gasteiger partial charge is 0.216 e. The topological polar surface area (TPSA) is 54.7 Å². The highest BCUT2D eigenvalue weighted by Crippen LogP contribution is 2.29. The minimum atomic E-state index is 0.557. The van der Waals surface area contributed by atoms with Crippen LogP contribution in [0.2, 0.25) is 5.02 Å². The van der Waals surface area contributed by atoms with Crippen LogP contribution in [0.5, 0.6) is 0 Å². The summed E-state index contributed by atoms with van der Waals surface area (Å²) in [5.74, 6) is 2.70. The average Bonchev–Trinajstić information content (AvgIpc) is 3.01. The van der Waals surface area contributed by atoms with Gasteiger partial charge in [-0.05, 0) is 37.6 Å². The maximum atomic E-state index is 6.12. The minimum Gasteiger partial charge on any atom is -0.453 e. The van der Waals surface area contributed by atoms with Crippen LogP contribution in [0.15, 0.2) is 34.7 Å². The summed E-state index contributed by atoms with van der Waals surface area (Å²) in [5, 5.41) is 7.59. The van der Waals surface area contributed by atoms with Gasteiger partial charge in [0, 0.05) is 10.6 Å². The van der Waals surface area contributed by atoms with E-state index in [0.717, 1.165) is 27.7 Å². The molecular weight excluding hydrogens is 262 g/mol. The number of hydrogen-bond acceptors (Lipinski definition) is 3. The molecule has 1 N–H and O–H groups in total. The first-order valence-electron chi connectivity index (χ1n) is 5.89. The zero-order chi connectivity index (χ0) is 13.4. The first kappa shape index (κ1) is 12.0. The molecule has 3 rings (SSSR count). The maximum Gasteiger partial charge on any atom is 0.216 e. The highest BCUT2D eigenvalue weighted by Gasteiger charge is 2.11. The van der Waals surface area contributed by atoms with Crippen molar-refractivity contribution in [2.24, 2.45) is 0 Å². The van der Waals surface area contributed by atoms with Crippen LogP contribution in [-0.2, 0) is 0 Å². The Hall–Kier alpha value is -2.07. The van der Waals surface area contributed by atoms with Crippen molar-refractivity contribution in [1.82, 2.24) is 15.2 Å². The van der Waals surface area contributed by atoms with E-state index in [1.54, 1.807) is 0 Å². The lowest BCUT2D eigenvalue weighted by Gasteiger charge is -2.00. The first-order chi connectivity index (χ1) is 9.13. The molecule has 0 saturated heterocycles. The van der Waals surface area contributed by atoms with Gasteiger partial charge in [0.1, 0.15) is 11.6 Å². The Bertz CT molecular complexity index is 730. The summed E-state index contributed by atoms with van der Waals surface area (Å²) in [6.07, 6.45) is 0. The Kier molecular flexibility index (Phi) is 2.87. The quantitative estimate of drug-likeness (QED) is 0.768. The Morgan fingerprint density at radius 3 is 2.58 bits per heavy atom. The molecule has 5 heteroatoms. The molecule has 0 amide bonds. The molecule has 0 atom stereocenters. The Labute approximate surface area is 115 Å². The second-order valence-electron chi connectivity index (χ2n) is 4.37. The molecule has 0 saturated carbocycles. The van der Waals surface area contributed by atoms with Gasteiger partial charge in [-0.2, -0.15) is 5.10 Å². The number of benzene rings is 1. The summed E-state index contributed by atoms with van der Waals surface area (Å²) < 4.78 is 5.76. The largest absolute Gasteiger partial charge is 0.453 e. The van der Waals surface area contributed by atoms with Crippen molar-refractivity contribution in [2.45, 2.75) is 13.8 Å². The van der Waals surface area contributed by atoms with E-state index < -0.39 is 0 Å². The van der Waals surface area contributed by atoms with Crippen molar-refractivity contribution in [3.8, 4) is 22.9 Å². The number of aromatic amines is 1. The number of aryl methyl sites for hydroxylation is 2. The van der Waals surface area contributed by atoms with E-state index in [4.69, 9.17) is 16.0 Å². The number of H-pyrrole nitrogens is 1. The Morgan fingerprint density at radius 2 is 1.89 bits per heavy atom. The SMILES string of the molecule is Cc1nc(-c2ccc(-c3ccc(C)c(Cl)c3)o2)n[nH]1. The lowest BCUT2D eigenvalue weighted by molar-refractivity contribution is 0.592. The van der Waals surface area contributed by atoms with Gasteiger partial charge in [-0.3, -0.25) is 5.10 Å². The van der Waals surface area contributed by atoms with Gasteiger partial charge in [-0.15, -0.1) is 0 Å². The van der Waals surface area contributed by atoms with Crippen LogP contribution in [0.3, 0.4) is 0 Å². The van der Waals surface area contributed by atoms with Crippen molar-refractivity contribution in [3.05, 3.63) is 46.7 Å². The van der Waals surface area contributed by atoms with E-state index in [-0.39, 0.29) is 0 Å². The van der Waals surface area contributed by atoms with Crippen molar-refractivity contribution in [3.63, 3.8) is 0 Å². The van der Waals surface area contributed by atoms with Crippen LogP contribution in [0, 0.1) is 13.8 Å². The molecule has 2 heterocycles. The Morgan fingerprint density at radius 1 is 1.11 bits per heavy atom. The van der Waals surface area contributed by atoms with Gasteiger partial charge in [0.25, 0.3) is 0 Å². The first-order valence-corrected chi connectivity index (χ1v) is 6.27. The molecular formula is C14H12ClN3O. The molecule has 0 radical (unpaired) electrons. The van der Waals surface area contributed by atoms with E-state index in [0.29, 0.717) is 11.6 Å². The summed E-state index contributed by atoms with van der Waals surface area (Å²) in [6.45, 7) is 3.82. The van der Waals surface area contributed by atoms with E-state index in [2.05, 4.69) is 15.2 Å². The van der Waals surface area contributed by atoms with Gasteiger partial charge in [0.2, 0.25) is 5.82 Å². The van der Waals surface area contributed by atoms with Crippen molar-refractivity contribution in [1.29, 1.82) is 0 Å². The lowest BCUT2D eigenvalue weighted by atomic mass is 10.1. The number of hydrogen-bond donors (Lipinski definition) is 1. The summed E-state index contributed by atoms with van der Waals surface area (Å²) in [6, 6.07) is 9.58. The molecule has 3 aromatic rings. The summed E-state index contributed by atoms with van der Waals surface area (Å²) in [4.78, 5) is 4.23. The molecule has 2 aromatic heterocycles. The molecule has 0 spiro atoms. The predicted molar refractivity (Wildman–Crippen MR) is 74.0 cm³/mol. The number of halogens is 1. The van der Waals surface area contributed by atoms with Gasteiger partial charge < -0.3 is 4.42 Å². The minimum absolute atomic E-state index is 0.557. The van der Waals surface area contributed by atoms with E-state index in [1.807, 2.05) is 44.2 Å². The highest BCUT2D eigenvalue weighted by molar-refractivity contribution is 6.31. The van der Waals surface area contributed by atoms with Gasteiger partial charge >= 0.3 is 0 Å². The zero-order valence-electron chi connectivity index (χ0n) is 10.6. The molecule has 96 valence electrons. The second-order valence-corrected chi connectivity index (χ2v) is 4.78. The predicted octanol–water partition coefficient (Wildman–Crippen LogP) is 4.00. The number of nitrogens with zero attached hydrogens (tertiary/aromatic N) is 2. The van der Waals surface area contributed by atoms with E-state index in [1.165, 1.54) is 0 Å². The summed E-state index contributed by atoms with van der Waals surface area (Å²) >= 11 is 6.12. The van der Waals surface area contributed by atoms with Crippen LogP contribution in [0.4, 0.5) is 0 Å². The van der Waals surface area contributed by atoms with Crippen LogP contribution < -0.4 is 0 Å². The van der Waals surface area contributed by atoms with Crippen molar-refractivity contribution >= 4 is 11.6 Å². The fourth-order valence-electron chi connectivity index (χ4n) is 1.81. The summed E-state index contributed by atoms with van der Waals surface area (Å²) in [5.41, 5.74) is 1.98. The number of aromatic nitrogens is 3. The molecule has 0 aliphatic rings. The van der Waals surface area contributed by atoms with Crippen LogP contribution in [0.1, 0.15) is 11.4 Å². The van der Waals surface area contributed by atoms with Crippen molar-refractivity contribution < 1.29 is 4.42 Å². The average molecular weight is 274 g/mol. The second kappa shape index (κ2) is 4.55. The number of nitrogens with one attached hydrogen (secondary N) is 1. The fourth-order valence-corrected chi connectivity index (χ4v) is 1.99. The third kappa shape index (κ3) is 2.27. The molecule has 0 aliphatic heterocycles. The monoisotopic (exact) mass is 273 g/mol. The number of furan rings is 1. The van der Waals surface area contributed by atoms with E-state index >= 15 is 0 Å². The molecule has 19 heavy (non-hydrogen) atoms. The normalized spacial score (nSPS) is 10.9. The highest BCUT2D eigenvalue weighted by atomic mass is 35.5. The summed E-state index contributed by atoms with van der Waals surface area (Å²) in [7, 11) is 0. The third-order valence-corrected chi connectivity index (χ3v) is 3.29. The third-order valence-electron chi connectivity index (χ3n) is 2.88. The molecule has 0 unspecified atom stereocenters. The van der Waals surface area contributed by atoms with Crippen LogP contribution in [0.25, 0.3) is 22.9 Å². The van der Waals surface area contributed by atoms with Gasteiger partial charge in [-0.1, -0.05) is 23.7 Å². The number of rotatable bonds is 2. The molecule has 0 aliphatic carbocycles. The Balaban J connectivity index is 1.98. The molecule has 0 bridgehead atoms. The van der Waals surface area contributed by atoms with Crippen LogP contribution >= 0.6 is 11.6 Å². The van der Waals surface area contributed by atoms with Crippen molar-refractivity contribution in [2.75, 3.05) is 0 Å². The maximum absolute atomic E-state index is 6.12. The fraction of sp³-hybridized carbons (Fsp3) is 0.143. The molecule has 0 fully saturated rings. The zero-order valence-corrected chi connectivity index (χ0v) is 11.3. The van der Waals surface area contributed by atoms with E-state index in [9.17, 15) is 0 Å². The molecule has 1 aromatic carbocycles. The van der Waals surface area contributed by atoms with Gasteiger partial charge in [0.05, 0.1) is 0 Å². The molecule has 4 nitrogen and oxygen atoms in total.